The second kappa shape index (κ2) is 16.3. The lowest BCUT2D eigenvalue weighted by atomic mass is 10.1. The molecule has 11 N–H and O–H groups in total. The van der Waals surface area contributed by atoms with Crippen LogP contribution in [-0.2, 0) is 46.4 Å². The lowest BCUT2D eigenvalue weighted by Gasteiger charge is -2.25. The van der Waals surface area contributed by atoms with Gasteiger partial charge >= 0.3 is 11.9 Å². The number of rotatable bonds is 17. The van der Waals surface area contributed by atoms with Gasteiger partial charge in [-0.15, -0.1) is 0 Å². The summed E-state index contributed by atoms with van der Waals surface area (Å²) in [5.74, 6) is -6.96. The molecule has 0 bridgehead atoms. The number of amides is 5. The van der Waals surface area contributed by atoms with Gasteiger partial charge < -0.3 is 52.5 Å². The zero-order valence-electron chi connectivity index (χ0n) is 24.1. The molecule has 0 aliphatic rings. The Morgan fingerprint density at radius 1 is 0.682 bits per heavy atom. The molecule has 19 heteroatoms. The van der Waals surface area contributed by atoms with Gasteiger partial charge in [0.15, 0.2) is 0 Å². The first-order valence-corrected chi connectivity index (χ1v) is 13.3. The van der Waals surface area contributed by atoms with Gasteiger partial charge in [0, 0.05) is 36.6 Å². The molecule has 2 aromatic heterocycles. The molecule has 0 unspecified atom stereocenters. The third-order valence-corrected chi connectivity index (χ3v) is 6.13. The number of nitrogens with one attached hydrogen (secondary N) is 7. The number of H-pyrrole nitrogens is 2. The third-order valence-electron chi connectivity index (χ3n) is 6.13. The molecule has 5 amide bonds. The number of hydrogen-bond acceptors (Lipinski definition) is 10. The van der Waals surface area contributed by atoms with E-state index in [0.717, 1.165) is 0 Å². The lowest BCUT2D eigenvalue weighted by Crippen LogP contribution is -2.59. The zero-order valence-corrected chi connectivity index (χ0v) is 24.1. The molecule has 2 aromatic rings. The van der Waals surface area contributed by atoms with Crippen molar-refractivity contribution in [2.45, 2.75) is 76.3 Å². The summed E-state index contributed by atoms with van der Waals surface area (Å²) in [5, 5.41) is 29.8. The van der Waals surface area contributed by atoms with Crippen molar-refractivity contribution in [2.24, 2.45) is 5.73 Å². The van der Waals surface area contributed by atoms with Crippen molar-refractivity contribution in [3.63, 3.8) is 0 Å². The number of nitrogens with zero attached hydrogens (tertiary/aromatic N) is 2. The van der Waals surface area contributed by atoms with E-state index < -0.39 is 84.1 Å². The van der Waals surface area contributed by atoms with Crippen molar-refractivity contribution in [2.75, 3.05) is 0 Å². The van der Waals surface area contributed by atoms with Crippen molar-refractivity contribution in [3.05, 3.63) is 36.4 Å². The van der Waals surface area contributed by atoms with Gasteiger partial charge in [0.2, 0.25) is 29.5 Å². The highest BCUT2D eigenvalue weighted by atomic mass is 16.4. The zero-order chi connectivity index (χ0) is 33.0. The average Bonchev–Trinajstić information content (AvgIpc) is 3.65. The van der Waals surface area contributed by atoms with Crippen molar-refractivity contribution >= 4 is 41.5 Å². The number of imidazole rings is 2. The minimum Gasteiger partial charge on any atom is -0.481 e. The van der Waals surface area contributed by atoms with E-state index in [1.54, 1.807) is 0 Å². The van der Waals surface area contributed by atoms with Crippen molar-refractivity contribution in [3.8, 4) is 0 Å². The Morgan fingerprint density at radius 2 is 1.09 bits per heavy atom. The van der Waals surface area contributed by atoms with Gasteiger partial charge in [-0.2, -0.15) is 0 Å². The molecule has 2 heterocycles. The summed E-state index contributed by atoms with van der Waals surface area (Å²) in [4.78, 5) is 99.5. The highest BCUT2D eigenvalue weighted by molar-refractivity contribution is 5.96. The van der Waals surface area contributed by atoms with Gasteiger partial charge in [0.1, 0.15) is 30.2 Å². The molecule has 0 aliphatic carbocycles. The molecular formula is C25H36N10O9. The number of carboxylic acid groups (broad SMARTS) is 2. The number of nitrogens with two attached hydrogens (primary N) is 1. The maximum Gasteiger partial charge on any atom is 0.326 e. The minimum absolute atomic E-state index is 0.00332. The first kappa shape index (κ1) is 34.9. The smallest absolute Gasteiger partial charge is 0.326 e. The Morgan fingerprint density at radius 3 is 1.50 bits per heavy atom. The van der Waals surface area contributed by atoms with E-state index in [9.17, 15) is 33.6 Å². The van der Waals surface area contributed by atoms with E-state index >= 15 is 0 Å². The van der Waals surface area contributed by atoms with E-state index in [1.165, 1.54) is 45.8 Å². The quantitative estimate of drug-likeness (QED) is 0.0817. The molecule has 0 aromatic carbocycles. The molecule has 0 spiro atoms. The number of aromatic amines is 2. The fourth-order valence-electron chi connectivity index (χ4n) is 3.68. The van der Waals surface area contributed by atoms with Gasteiger partial charge in [-0.05, 0) is 20.8 Å². The number of carbonyl (C=O) groups excluding carboxylic acids is 5. The Labute approximate surface area is 250 Å². The summed E-state index contributed by atoms with van der Waals surface area (Å²) < 4.78 is 0. The molecule has 240 valence electrons. The molecule has 0 saturated carbocycles. The van der Waals surface area contributed by atoms with E-state index in [2.05, 4.69) is 41.2 Å². The van der Waals surface area contributed by atoms with Crippen LogP contribution in [0.3, 0.4) is 0 Å². The fourth-order valence-corrected chi connectivity index (χ4v) is 3.68. The van der Waals surface area contributed by atoms with Crippen LogP contribution in [0.4, 0.5) is 0 Å². The van der Waals surface area contributed by atoms with Crippen molar-refractivity contribution < 1.29 is 43.8 Å². The Balaban J connectivity index is 2.11. The molecule has 6 atom stereocenters. The molecule has 0 radical (unpaired) electrons. The van der Waals surface area contributed by atoms with Crippen LogP contribution < -0.4 is 32.3 Å². The van der Waals surface area contributed by atoms with Crippen LogP contribution in [0.25, 0.3) is 0 Å². The molecule has 0 saturated heterocycles. The first-order valence-electron chi connectivity index (χ1n) is 13.3. The van der Waals surface area contributed by atoms with Crippen LogP contribution in [0.5, 0.6) is 0 Å². The monoisotopic (exact) mass is 620 g/mol. The molecule has 19 nitrogen and oxygen atoms in total. The van der Waals surface area contributed by atoms with Gasteiger partial charge in [-0.3, -0.25) is 28.8 Å². The molecule has 0 aliphatic heterocycles. The van der Waals surface area contributed by atoms with Gasteiger partial charge in [-0.25, -0.2) is 14.8 Å². The highest BCUT2D eigenvalue weighted by Crippen LogP contribution is 2.04. The van der Waals surface area contributed by atoms with E-state index in [4.69, 9.17) is 15.9 Å². The second-order valence-corrected chi connectivity index (χ2v) is 9.93. The number of aliphatic carboxylic acids is 2. The van der Waals surface area contributed by atoms with Crippen molar-refractivity contribution in [1.82, 2.24) is 46.5 Å². The third kappa shape index (κ3) is 11.2. The van der Waals surface area contributed by atoms with E-state index in [1.807, 2.05) is 5.32 Å². The second-order valence-electron chi connectivity index (χ2n) is 9.93. The fraction of sp³-hybridized carbons (Fsp3) is 0.480. The summed E-state index contributed by atoms with van der Waals surface area (Å²) >= 11 is 0. The van der Waals surface area contributed by atoms with Crippen LogP contribution in [0, 0.1) is 0 Å². The van der Waals surface area contributed by atoms with E-state index in [0.29, 0.717) is 11.4 Å². The predicted molar refractivity (Wildman–Crippen MR) is 149 cm³/mol. The Hall–Kier alpha value is -5.33. The molecule has 0 fully saturated rings. The van der Waals surface area contributed by atoms with Gasteiger partial charge in [0.25, 0.3) is 0 Å². The summed E-state index contributed by atoms with van der Waals surface area (Å²) in [6, 6.07) is -7.60. The molecule has 2 rings (SSSR count). The topological polar surface area (TPSA) is 303 Å². The standard InChI is InChI=1S/C25H36N10O9/c1-11(26)20(38)33-17(5-15-8-28-10-30-15)24(42)34-16(4-14-7-27-9-29-14)23(41)32-12(2)21(39)31-13(3)22(40)35-18(25(43)44)6-19(36)37/h7-13,16-18H,4-6,26H2,1-3H3,(H,27,29)(H,28,30)(H,31,39)(H,32,41)(H,33,38)(H,34,42)(H,35,40)(H,36,37)(H,43,44)/t11-,12-,13-,16-,17-,18-/m0/s1. The lowest BCUT2D eigenvalue weighted by molar-refractivity contribution is -0.147. The summed E-state index contributed by atoms with van der Waals surface area (Å²) in [5.41, 5.74) is 6.62. The SMILES string of the molecule is C[C@H](N)C(=O)N[C@@H](Cc1cnc[nH]1)C(=O)N[C@@H](Cc1cnc[nH]1)C(=O)N[C@@H](C)C(=O)N[C@@H](C)C(=O)N[C@@H](CC(=O)O)C(=O)O. The number of aromatic nitrogens is 4. The van der Waals surface area contributed by atoms with Crippen LogP contribution in [0.15, 0.2) is 25.0 Å². The maximum atomic E-state index is 13.3. The van der Waals surface area contributed by atoms with Crippen LogP contribution >= 0.6 is 0 Å². The first-order chi connectivity index (χ1) is 20.7. The number of hydrogen-bond donors (Lipinski definition) is 10. The summed E-state index contributed by atoms with van der Waals surface area (Å²) in [6.07, 6.45) is 4.68. The van der Waals surface area contributed by atoms with Crippen molar-refractivity contribution in [1.29, 1.82) is 0 Å². The van der Waals surface area contributed by atoms with Crippen LogP contribution in [0.1, 0.15) is 38.6 Å². The summed E-state index contributed by atoms with van der Waals surface area (Å²) in [6.45, 7) is 3.98. The van der Waals surface area contributed by atoms with Crippen LogP contribution in [-0.4, -0.2) is 108 Å². The summed E-state index contributed by atoms with van der Waals surface area (Å²) in [7, 11) is 0. The largest absolute Gasteiger partial charge is 0.481 e. The Kier molecular flexibility index (Phi) is 13.0. The predicted octanol–water partition coefficient (Wildman–Crippen LogP) is -3.71. The minimum atomic E-state index is -1.72. The highest BCUT2D eigenvalue weighted by Gasteiger charge is 2.31. The normalized spacial score (nSPS) is 14.9. The maximum absolute atomic E-state index is 13.3. The van der Waals surface area contributed by atoms with E-state index in [-0.39, 0.29) is 12.8 Å². The molecule has 44 heavy (non-hydrogen) atoms. The van der Waals surface area contributed by atoms with Gasteiger partial charge in [0.05, 0.1) is 25.1 Å². The Bertz CT molecular complexity index is 1310. The van der Waals surface area contributed by atoms with Gasteiger partial charge in [-0.1, -0.05) is 0 Å². The molecular weight excluding hydrogens is 584 g/mol. The number of carboxylic acids is 2. The van der Waals surface area contributed by atoms with Crippen LogP contribution in [0.2, 0.25) is 0 Å². The average molecular weight is 621 g/mol. The number of carbonyl (C=O) groups is 7.